The third-order valence-corrected chi connectivity index (χ3v) is 2.60. The van der Waals surface area contributed by atoms with E-state index >= 15 is 0 Å². The number of rotatable bonds is 5. The summed E-state index contributed by atoms with van der Waals surface area (Å²) in [5.41, 5.74) is 2.35. The molecule has 1 aromatic heterocycles. The van der Waals surface area contributed by atoms with Crippen molar-refractivity contribution in [1.82, 2.24) is 4.57 Å². The Labute approximate surface area is 85.0 Å². The summed E-state index contributed by atoms with van der Waals surface area (Å²) in [6, 6.07) is 3.95. The molecule has 80 valence electrons. The lowest BCUT2D eigenvalue weighted by molar-refractivity contribution is 0.151. The molecule has 0 radical (unpaired) electrons. The van der Waals surface area contributed by atoms with E-state index in [1.54, 1.807) is 0 Å². The van der Waals surface area contributed by atoms with E-state index in [4.69, 9.17) is 10.2 Å². The molecule has 1 aromatic rings. The molecular weight excluding hydrogens is 178 g/mol. The van der Waals surface area contributed by atoms with Crippen molar-refractivity contribution in [1.29, 1.82) is 0 Å². The first-order chi connectivity index (χ1) is 6.78. The fraction of sp³-hybridized carbons (Fsp3) is 0.636. The molecule has 0 saturated heterocycles. The maximum Gasteiger partial charge on any atom is 0.0797 e. The Morgan fingerprint density at radius 1 is 1.07 bits per heavy atom. The summed E-state index contributed by atoms with van der Waals surface area (Å²) in [6.07, 6.45) is 1.85. The average molecular weight is 197 g/mol. The Balaban J connectivity index is 3.06. The van der Waals surface area contributed by atoms with Crippen LogP contribution in [-0.4, -0.2) is 28.0 Å². The number of aromatic nitrogens is 1. The number of hydrogen-bond donors (Lipinski definition) is 2. The molecule has 0 saturated carbocycles. The highest BCUT2D eigenvalue weighted by Crippen LogP contribution is 2.17. The lowest BCUT2D eigenvalue weighted by atomic mass is 10.2. The fourth-order valence-corrected chi connectivity index (χ4v) is 1.80. The first-order valence-electron chi connectivity index (χ1n) is 5.19. The van der Waals surface area contributed by atoms with Crippen molar-refractivity contribution in [3.63, 3.8) is 0 Å². The second kappa shape index (κ2) is 5.17. The van der Waals surface area contributed by atoms with Crippen LogP contribution in [0.1, 0.15) is 31.3 Å². The molecule has 0 atom stereocenters. The van der Waals surface area contributed by atoms with Gasteiger partial charge >= 0.3 is 0 Å². The van der Waals surface area contributed by atoms with Crippen LogP contribution in [0.15, 0.2) is 12.1 Å². The van der Waals surface area contributed by atoms with Gasteiger partial charge < -0.3 is 14.8 Å². The van der Waals surface area contributed by atoms with Gasteiger partial charge in [0.05, 0.1) is 19.3 Å². The standard InChI is InChI=1S/C11H19NO2/c1-3-9-5-6-10(4-2)12(9)11(7-13)8-14/h5-6,11,13-14H,3-4,7-8H2,1-2H3. The lowest BCUT2D eigenvalue weighted by Gasteiger charge is -2.19. The van der Waals surface area contributed by atoms with Gasteiger partial charge in [-0.05, 0) is 25.0 Å². The summed E-state index contributed by atoms with van der Waals surface area (Å²) < 4.78 is 2.06. The summed E-state index contributed by atoms with van der Waals surface area (Å²) in [7, 11) is 0. The summed E-state index contributed by atoms with van der Waals surface area (Å²) in [5.74, 6) is 0. The second-order valence-corrected chi connectivity index (χ2v) is 3.41. The highest BCUT2D eigenvalue weighted by atomic mass is 16.3. The van der Waals surface area contributed by atoms with Crippen LogP contribution >= 0.6 is 0 Å². The molecule has 0 spiro atoms. The second-order valence-electron chi connectivity index (χ2n) is 3.41. The molecule has 1 rings (SSSR count). The van der Waals surface area contributed by atoms with Gasteiger partial charge in [-0.15, -0.1) is 0 Å². The molecule has 0 bridgehead atoms. The molecule has 0 aliphatic carbocycles. The maximum absolute atomic E-state index is 9.16. The van der Waals surface area contributed by atoms with E-state index in [1.807, 2.05) is 0 Å². The first kappa shape index (κ1) is 11.3. The van der Waals surface area contributed by atoms with Gasteiger partial charge in [-0.1, -0.05) is 13.8 Å². The molecule has 0 aliphatic heterocycles. The fourth-order valence-electron chi connectivity index (χ4n) is 1.80. The number of aryl methyl sites for hydroxylation is 2. The van der Waals surface area contributed by atoms with Crippen molar-refractivity contribution in [2.24, 2.45) is 0 Å². The van der Waals surface area contributed by atoms with Gasteiger partial charge in [0.1, 0.15) is 0 Å². The molecule has 0 unspecified atom stereocenters. The SMILES string of the molecule is CCc1ccc(CC)n1C(CO)CO. The van der Waals surface area contributed by atoms with E-state index < -0.39 is 0 Å². The van der Waals surface area contributed by atoms with Crippen molar-refractivity contribution in [2.45, 2.75) is 32.7 Å². The number of aliphatic hydroxyl groups excluding tert-OH is 2. The number of hydrogen-bond acceptors (Lipinski definition) is 2. The van der Waals surface area contributed by atoms with Crippen LogP contribution in [0.25, 0.3) is 0 Å². The summed E-state index contributed by atoms with van der Waals surface area (Å²) in [5, 5.41) is 18.3. The van der Waals surface area contributed by atoms with Crippen molar-refractivity contribution < 1.29 is 10.2 Å². The van der Waals surface area contributed by atoms with Gasteiger partial charge in [0.15, 0.2) is 0 Å². The van der Waals surface area contributed by atoms with Gasteiger partial charge in [0.2, 0.25) is 0 Å². The van der Waals surface area contributed by atoms with Gasteiger partial charge in [-0.2, -0.15) is 0 Å². The van der Waals surface area contributed by atoms with E-state index in [9.17, 15) is 0 Å². The van der Waals surface area contributed by atoms with Crippen molar-refractivity contribution in [3.8, 4) is 0 Å². The third kappa shape index (κ3) is 1.99. The average Bonchev–Trinajstić information content (AvgIpc) is 2.63. The van der Waals surface area contributed by atoms with Crippen LogP contribution in [0, 0.1) is 0 Å². The quantitative estimate of drug-likeness (QED) is 0.743. The Morgan fingerprint density at radius 3 is 1.79 bits per heavy atom. The smallest absolute Gasteiger partial charge is 0.0797 e. The number of nitrogens with zero attached hydrogens (tertiary/aromatic N) is 1. The van der Waals surface area contributed by atoms with E-state index in [-0.39, 0.29) is 19.3 Å². The predicted octanol–water partition coefficient (Wildman–Crippen LogP) is 1.14. The third-order valence-electron chi connectivity index (χ3n) is 2.60. The van der Waals surface area contributed by atoms with Crippen LogP contribution in [-0.2, 0) is 12.8 Å². The van der Waals surface area contributed by atoms with Gasteiger partial charge in [0, 0.05) is 11.4 Å². The summed E-state index contributed by atoms with van der Waals surface area (Å²) >= 11 is 0. The molecule has 0 aliphatic rings. The zero-order valence-corrected chi connectivity index (χ0v) is 8.90. The minimum Gasteiger partial charge on any atom is -0.394 e. The molecule has 2 N–H and O–H groups in total. The molecule has 0 amide bonds. The van der Waals surface area contributed by atoms with Crippen LogP contribution in [0.2, 0.25) is 0 Å². The predicted molar refractivity (Wildman–Crippen MR) is 56.4 cm³/mol. The van der Waals surface area contributed by atoms with E-state index in [2.05, 4.69) is 30.5 Å². The van der Waals surface area contributed by atoms with E-state index in [0.717, 1.165) is 12.8 Å². The molecule has 1 heterocycles. The summed E-state index contributed by atoms with van der Waals surface area (Å²) in [6.45, 7) is 4.14. The molecule has 0 aromatic carbocycles. The Bertz CT molecular complexity index is 255. The van der Waals surface area contributed by atoms with Crippen LogP contribution < -0.4 is 0 Å². The van der Waals surface area contributed by atoms with Gasteiger partial charge in [-0.3, -0.25) is 0 Å². The van der Waals surface area contributed by atoms with Gasteiger partial charge in [-0.25, -0.2) is 0 Å². The van der Waals surface area contributed by atoms with Crippen LogP contribution in [0.4, 0.5) is 0 Å². The monoisotopic (exact) mass is 197 g/mol. The highest BCUT2D eigenvalue weighted by Gasteiger charge is 2.14. The molecule has 3 nitrogen and oxygen atoms in total. The first-order valence-corrected chi connectivity index (χ1v) is 5.19. The highest BCUT2D eigenvalue weighted by molar-refractivity contribution is 5.18. The number of aliphatic hydroxyl groups is 2. The van der Waals surface area contributed by atoms with Crippen molar-refractivity contribution >= 4 is 0 Å². The zero-order chi connectivity index (χ0) is 10.6. The minimum atomic E-state index is -0.185. The van der Waals surface area contributed by atoms with Crippen molar-refractivity contribution in [2.75, 3.05) is 13.2 Å². The molecular formula is C11H19NO2. The Morgan fingerprint density at radius 2 is 1.50 bits per heavy atom. The normalized spacial score (nSPS) is 11.2. The lowest BCUT2D eigenvalue weighted by Crippen LogP contribution is -2.21. The minimum absolute atomic E-state index is 0.00875. The Kier molecular flexibility index (Phi) is 4.17. The van der Waals surface area contributed by atoms with E-state index in [1.165, 1.54) is 11.4 Å². The van der Waals surface area contributed by atoms with E-state index in [0.29, 0.717) is 0 Å². The molecule has 3 heteroatoms. The van der Waals surface area contributed by atoms with Gasteiger partial charge in [0.25, 0.3) is 0 Å². The zero-order valence-electron chi connectivity index (χ0n) is 8.90. The van der Waals surface area contributed by atoms with Crippen molar-refractivity contribution in [3.05, 3.63) is 23.5 Å². The molecule has 0 fully saturated rings. The van der Waals surface area contributed by atoms with Crippen LogP contribution in [0.5, 0.6) is 0 Å². The summed E-state index contributed by atoms with van der Waals surface area (Å²) in [4.78, 5) is 0. The largest absolute Gasteiger partial charge is 0.394 e. The van der Waals surface area contributed by atoms with Crippen LogP contribution in [0.3, 0.4) is 0 Å². The Hall–Kier alpha value is -0.800. The topological polar surface area (TPSA) is 45.4 Å². The molecule has 14 heavy (non-hydrogen) atoms. The maximum atomic E-state index is 9.16.